The first-order chi connectivity index (χ1) is 14.2. The SMILES string of the molecule is COc1c2nc(cc3ccc(cc4nc(cc5ccc1[nH]5)C(C)(C)C4)[nH]3)C(C)(C)C2. The molecule has 0 unspecified atom stereocenters. The van der Waals surface area contributed by atoms with Crippen LogP contribution in [-0.2, 0) is 23.7 Å². The second kappa shape index (κ2) is 6.46. The van der Waals surface area contributed by atoms with E-state index in [4.69, 9.17) is 14.7 Å². The van der Waals surface area contributed by atoms with Crippen LogP contribution in [0.3, 0.4) is 0 Å². The van der Waals surface area contributed by atoms with Crippen LogP contribution in [0, 0.1) is 0 Å². The first kappa shape index (κ1) is 18.9. The highest BCUT2D eigenvalue weighted by atomic mass is 16.5. The number of hydrogen-bond acceptors (Lipinski definition) is 3. The second-order valence-electron chi connectivity index (χ2n) is 9.72. The predicted octanol–water partition coefficient (Wildman–Crippen LogP) is 5.36. The topological polar surface area (TPSA) is 66.6 Å². The molecule has 2 N–H and O–H groups in total. The summed E-state index contributed by atoms with van der Waals surface area (Å²) in [7, 11) is 1.72. The minimum absolute atomic E-state index is 0.0105. The van der Waals surface area contributed by atoms with Gasteiger partial charge in [-0.2, -0.15) is 0 Å². The van der Waals surface area contributed by atoms with E-state index in [0.717, 1.165) is 63.4 Å². The number of fused-ring (bicyclic) bond motifs is 8. The van der Waals surface area contributed by atoms with Crippen molar-refractivity contribution in [1.29, 1.82) is 0 Å². The van der Waals surface area contributed by atoms with Crippen LogP contribution >= 0.6 is 0 Å². The van der Waals surface area contributed by atoms with Gasteiger partial charge in [0.25, 0.3) is 0 Å². The normalized spacial score (nSPS) is 17.1. The molecule has 30 heavy (non-hydrogen) atoms. The van der Waals surface area contributed by atoms with Crippen molar-refractivity contribution in [3.63, 3.8) is 0 Å². The molecule has 0 saturated heterocycles. The van der Waals surface area contributed by atoms with Gasteiger partial charge in [-0.3, -0.25) is 9.97 Å². The number of nitrogens with zero attached hydrogens (tertiary/aromatic N) is 2. The maximum Gasteiger partial charge on any atom is 0.163 e. The Kier molecular flexibility index (Phi) is 4.07. The van der Waals surface area contributed by atoms with E-state index in [2.05, 4.69) is 80.1 Å². The number of aromatic amines is 2. The van der Waals surface area contributed by atoms with Crippen molar-refractivity contribution in [2.45, 2.75) is 51.4 Å². The van der Waals surface area contributed by atoms with E-state index in [9.17, 15) is 0 Å². The number of aromatic nitrogens is 4. The zero-order valence-electron chi connectivity index (χ0n) is 18.3. The van der Waals surface area contributed by atoms with Crippen molar-refractivity contribution in [2.75, 3.05) is 7.11 Å². The predicted molar refractivity (Wildman–Crippen MR) is 121 cm³/mol. The average Bonchev–Trinajstić information content (AvgIpc) is 3.40. The number of H-pyrrole nitrogens is 2. The van der Waals surface area contributed by atoms with E-state index in [1.807, 2.05) is 0 Å². The molecule has 0 spiro atoms. The molecule has 0 radical (unpaired) electrons. The Balaban J connectivity index is 1.88. The molecule has 8 bridgehead atoms. The molecule has 154 valence electrons. The highest BCUT2D eigenvalue weighted by Gasteiger charge is 2.31. The molecular formula is C25H28N4O. The molecule has 0 amide bonds. The fourth-order valence-electron chi connectivity index (χ4n) is 4.49. The lowest BCUT2D eigenvalue weighted by Crippen LogP contribution is -2.15. The minimum Gasteiger partial charge on any atom is -0.493 e. The van der Waals surface area contributed by atoms with E-state index in [0.29, 0.717) is 0 Å². The lowest BCUT2D eigenvalue weighted by Gasteiger charge is -2.16. The first-order valence-corrected chi connectivity index (χ1v) is 10.5. The molecular weight excluding hydrogens is 372 g/mol. The van der Waals surface area contributed by atoms with Crippen molar-refractivity contribution in [3.8, 4) is 5.75 Å². The third kappa shape index (κ3) is 3.18. The molecule has 5 heterocycles. The molecule has 5 rings (SSSR count). The van der Waals surface area contributed by atoms with Gasteiger partial charge in [-0.25, -0.2) is 0 Å². The molecule has 3 aromatic rings. The molecule has 0 atom stereocenters. The fourth-order valence-corrected chi connectivity index (χ4v) is 4.49. The summed E-state index contributed by atoms with van der Waals surface area (Å²) in [5, 5.41) is 0. The largest absolute Gasteiger partial charge is 0.493 e. The molecule has 0 fully saturated rings. The van der Waals surface area contributed by atoms with E-state index < -0.39 is 0 Å². The van der Waals surface area contributed by atoms with Crippen LogP contribution in [0.2, 0.25) is 0 Å². The van der Waals surface area contributed by atoms with E-state index in [1.165, 1.54) is 0 Å². The summed E-state index contributed by atoms with van der Waals surface area (Å²) in [5.74, 6) is 0.804. The maximum absolute atomic E-state index is 5.81. The van der Waals surface area contributed by atoms with Gasteiger partial charge in [0, 0.05) is 57.3 Å². The van der Waals surface area contributed by atoms with Crippen LogP contribution in [-0.4, -0.2) is 27.0 Å². The Hall–Kier alpha value is -3.08. The summed E-state index contributed by atoms with van der Waals surface area (Å²) in [6.45, 7) is 8.95. The molecule has 2 aliphatic rings. The Morgan fingerprint density at radius 2 is 1.37 bits per heavy atom. The van der Waals surface area contributed by atoms with Crippen LogP contribution < -0.4 is 4.74 Å². The highest BCUT2D eigenvalue weighted by Crippen LogP contribution is 2.36. The van der Waals surface area contributed by atoms with E-state index in [1.54, 1.807) is 7.11 Å². The van der Waals surface area contributed by atoms with Gasteiger partial charge in [0.2, 0.25) is 0 Å². The van der Waals surface area contributed by atoms with Gasteiger partial charge < -0.3 is 14.7 Å². The lowest BCUT2D eigenvalue weighted by molar-refractivity contribution is 0.409. The van der Waals surface area contributed by atoms with E-state index >= 15 is 0 Å². The molecule has 2 aliphatic heterocycles. The van der Waals surface area contributed by atoms with E-state index in [-0.39, 0.29) is 10.8 Å². The first-order valence-electron chi connectivity index (χ1n) is 10.5. The number of hydrogen-bond donors (Lipinski definition) is 2. The van der Waals surface area contributed by atoms with Crippen molar-refractivity contribution in [3.05, 3.63) is 65.2 Å². The quantitative estimate of drug-likeness (QED) is 0.577. The van der Waals surface area contributed by atoms with Gasteiger partial charge in [0.05, 0.1) is 18.3 Å². The molecule has 5 nitrogen and oxygen atoms in total. The average molecular weight is 401 g/mol. The maximum atomic E-state index is 5.81. The molecule has 0 aliphatic carbocycles. The summed E-state index contributed by atoms with van der Waals surface area (Å²) in [6, 6.07) is 14.8. The smallest absolute Gasteiger partial charge is 0.163 e. The fraction of sp³-hybridized carbons (Fsp3) is 0.360. The van der Waals surface area contributed by atoms with Crippen LogP contribution in [0.1, 0.15) is 50.5 Å². The van der Waals surface area contributed by atoms with Gasteiger partial charge in [-0.15, -0.1) is 0 Å². The third-order valence-corrected chi connectivity index (χ3v) is 6.20. The monoisotopic (exact) mass is 400 g/mol. The molecule has 0 saturated carbocycles. The van der Waals surface area contributed by atoms with Gasteiger partial charge in [0.15, 0.2) is 5.75 Å². The minimum atomic E-state index is -0.0629. The van der Waals surface area contributed by atoms with Crippen molar-refractivity contribution >= 4 is 22.1 Å². The van der Waals surface area contributed by atoms with Crippen LogP contribution in [0.25, 0.3) is 22.1 Å². The molecule has 3 aromatic heterocycles. The Bertz CT molecular complexity index is 1290. The summed E-state index contributed by atoms with van der Waals surface area (Å²) in [6.07, 6.45) is 1.75. The Labute approximate surface area is 176 Å². The highest BCUT2D eigenvalue weighted by molar-refractivity contribution is 5.68. The number of rotatable bonds is 1. The summed E-state index contributed by atoms with van der Waals surface area (Å²) in [4.78, 5) is 16.9. The van der Waals surface area contributed by atoms with Gasteiger partial charge >= 0.3 is 0 Å². The van der Waals surface area contributed by atoms with Gasteiger partial charge in [-0.1, -0.05) is 27.7 Å². The second-order valence-corrected chi connectivity index (χ2v) is 9.72. The summed E-state index contributed by atoms with van der Waals surface area (Å²) < 4.78 is 5.81. The van der Waals surface area contributed by atoms with Gasteiger partial charge in [0.1, 0.15) is 0 Å². The molecule has 0 aromatic carbocycles. The number of methoxy groups -OCH3 is 1. The standard InChI is InChI=1S/C25H28N4O/c1-24(2)13-18-10-15-6-7-16(26-15)11-22-25(3,4)14-20(29-22)23(30-5)19-9-8-17(27-19)12-21(24)28-18/h6-12,26-27H,13-14H2,1-5H3. The Morgan fingerprint density at radius 1 is 0.767 bits per heavy atom. The van der Waals surface area contributed by atoms with Crippen LogP contribution in [0.4, 0.5) is 0 Å². The zero-order chi connectivity index (χ0) is 21.1. The number of ether oxygens (including phenoxy) is 1. The van der Waals surface area contributed by atoms with Crippen molar-refractivity contribution in [2.24, 2.45) is 0 Å². The van der Waals surface area contributed by atoms with Gasteiger partial charge in [-0.05, 0) is 42.5 Å². The molecule has 5 heteroatoms. The summed E-state index contributed by atoms with van der Waals surface area (Å²) in [5.41, 5.74) is 8.22. The van der Waals surface area contributed by atoms with Crippen molar-refractivity contribution in [1.82, 2.24) is 19.9 Å². The Morgan fingerprint density at radius 3 is 2.10 bits per heavy atom. The van der Waals surface area contributed by atoms with Crippen molar-refractivity contribution < 1.29 is 4.74 Å². The van der Waals surface area contributed by atoms with Crippen LogP contribution in [0.15, 0.2) is 42.5 Å². The summed E-state index contributed by atoms with van der Waals surface area (Å²) >= 11 is 0. The zero-order valence-corrected chi connectivity index (χ0v) is 18.3. The third-order valence-electron chi connectivity index (χ3n) is 6.20. The van der Waals surface area contributed by atoms with Crippen LogP contribution in [0.5, 0.6) is 5.75 Å². The number of nitrogens with one attached hydrogen (secondary N) is 2. The lowest BCUT2D eigenvalue weighted by atomic mass is 9.87.